The van der Waals surface area contributed by atoms with Gasteiger partial charge in [-0.3, -0.25) is 10.1 Å². The molecule has 0 N–H and O–H groups in total. The predicted octanol–water partition coefficient (Wildman–Crippen LogP) is 4.81. The van der Waals surface area contributed by atoms with E-state index in [0.717, 1.165) is 0 Å². The van der Waals surface area contributed by atoms with Crippen LogP contribution in [-0.4, -0.2) is 4.92 Å². The number of halogens is 5. The van der Waals surface area contributed by atoms with Crippen molar-refractivity contribution in [2.45, 2.75) is 0 Å². The lowest BCUT2D eigenvalue weighted by atomic mass is 10.3. The Kier molecular flexibility index (Phi) is 4.11. The van der Waals surface area contributed by atoms with E-state index in [-0.39, 0.29) is 29.3 Å². The first-order chi connectivity index (χ1) is 6.37. The number of benzene rings is 1. The second-order valence-electron chi connectivity index (χ2n) is 2.18. The quantitative estimate of drug-likeness (QED) is 0.228. The van der Waals surface area contributed by atoms with Gasteiger partial charge in [0, 0.05) is 0 Å². The van der Waals surface area contributed by atoms with Crippen molar-refractivity contribution in [3.05, 3.63) is 33.8 Å². The maximum absolute atomic E-state index is 10.6. The monoisotopic (exact) mass is 385 g/mol. The van der Waals surface area contributed by atoms with Crippen LogP contribution in [0.4, 0.5) is 5.69 Å². The topological polar surface area (TPSA) is 43.1 Å². The Bertz CT molecular complexity index is 394. The molecular weight excluding hydrogens is 387 g/mol. The summed E-state index contributed by atoms with van der Waals surface area (Å²) in [4.78, 5) is 9.96. The van der Waals surface area contributed by atoms with E-state index in [1.807, 2.05) is 0 Å². The third-order valence-corrected chi connectivity index (χ3v) is 4.53. The van der Waals surface area contributed by atoms with Crippen LogP contribution in [0.3, 0.4) is 0 Å². The highest BCUT2D eigenvalue weighted by Gasteiger charge is 2.26. The second kappa shape index (κ2) is 4.57. The zero-order chi connectivity index (χ0) is 11.0. The normalized spacial score (nSPS) is 10.4. The Morgan fingerprint density at radius 3 is 1.86 bits per heavy atom. The summed E-state index contributed by atoms with van der Waals surface area (Å²) in [7, 11) is 0. The summed E-state index contributed by atoms with van der Waals surface area (Å²) in [6, 6.07) is 0. The van der Waals surface area contributed by atoms with Crippen LogP contribution in [0.2, 0.25) is 20.1 Å². The molecule has 0 aliphatic rings. The predicted molar refractivity (Wildman–Crippen MR) is 65.9 cm³/mol. The van der Waals surface area contributed by atoms with Crippen molar-refractivity contribution in [3.63, 3.8) is 0 Å². The molecule has 0 aromatic heterocycles. The molecule has 1 aromatic carbocycles. The molecule has 0 amide bonds. The van der Waals surface area contributed by atoms with Crippen LogP contribution in [0, 0.1) is 13.7 Å². The molecule has 0 saturated heterocycles. The lowest BCUT2D eigenvalue weighted by molar-refractivity contribution is -0.385. The van der Waals surface area contributed by atoms with E-state index in [1.165, 1.54) is 0 Å². The highest BCUT2D eigenvalue weighted by Crippen LogP contribution is 2.45. The highest BCUT2D eigenvalue weighted by atomic mass is 127. The first-order valence-electron chi connectivity index (χ1n) is 3.03. The Hall–Kier alpha value is 0.510. The average molecular weight is 387 g/mol. The molecule has 0 atom stereocenters. The van der Waals surface area contributed by atoms with E-state index in [4.69, 9.17) is 46.4 Å². The Morgan fingerprint density at radius 2 is 1.43 bits per heavy atom. The summed E-state index contributed by atoms with van der Waals surface area (Å²) in [6.45, 7) is 0. The molecule has 0 fully saturated rings. The van der Waals surface area contributed by atoms with Gasteiger partial charge in [0.05, 0.1) is 20.0 Å². The van der Waals surface area contributed by atoms with E-state index >= 15 is 0 Å². The minimum atomic E-state index is -0.655. The van der Waals surface area contributed by atoms with Crippen molar-refractivity contribution in [2.75, 3.05) is 0 Å². The molecule has 76 valence electrons. The second-order valence-corrected chi connectivity index (χ2v) is 4.77. The molecule has 0 radical (unpaired) electrons. The van der Waals surface area contributed by atoms with E-state index < -0.39 is 4.92 Å². The zero-order valence-corrected chi connectivity index (χ0v) is 11.3. The van der Waals surface area contributed by atoms with E-state index in [0.29, 0.717) is 0 Å². The molecule has 1 rings (SSSR count). The van der Waals surface area contributed by atoms with Gasteiger partial charge >= 0.3 is 5.69 Å². The molecular formula is C6Cl4INO2. The van der Waals surface area contributed by atoms with Gasteiger partial charge in [-0.25, -0.2) is 0 Å². The number of nitrogens with zero attached hydrogens (tertiary/aromatic N) is 1. The Morgan fingerprint density at radius 1 is 1.00 bits per heavy atom. The van der Waals surface area contributed by atoms with Crippen molar-refractivity contribution < 1.29 is 4.92 Å². The van der Waals surface area contributed by atoms with Crippen LogP contribution in [0.1, 0.15) is 0 Å². The fraction of sp³-hybridized carbons (Fsp3) is 0. The van der Waals surface area contributed by atoms with Gasteiger partial charge in [-0.2, -0.15) is 0 Å². The van der Waals surface area contributed by atoms with Gasteiger partial charge in [0.15, 0.2) is 0 Å². The van der Waals surface area contributed by atoms with Gasteiger partial charge in [0.25, 0.3) is 0 Å². The number of hydrogen-bond donors (Lipinski definition) is 0. The largest absolute Gasteiger partial charge is 0.304 e. The summed E-state index contributed by atoms with van der Waals surface area (Å²) in [5.74, 6) is 0. The van der Waals surface area contributed by atoms with Crippen molar-refractivity contribution in [1.82, 2.24) is 0 Å². The maximum Gasteiger partial charge on any atom is 0.304 e. The fourth-order valence-electron chi connectivity index (χ4n) is 0.754. The summed E-state index contributed by atoms with van der Waals surface area (Å²) in [5.41, 5.74) is -0.327. The third-order valence-electron chi connectivity index (χ3n) is 1.37. The molecule has 14 heavy (non-hydrogen) atoms. The molecule has 0 bridgehead atoms. The minimum absolute atomic E-state index is 0.0216. The van der Waals surface area contributed by atoms with E-state index in [1.54, 1.807) is 22.6 Å². The van der Waals surface area contributed by atoms with Crippen LogP contribution in [0.25, 0.3) is 0 Å². The molecule has 0 spiro atoms. The summed E-state index contributed by atoms with van der Waals surface area (Å²) < 4.78 is 0.175. The van der Waals surface area contributed by atoms with Crippen molar-refractivity contribution >= 4 is 74.7 Å². The number of rotatable bonds is 1. The van der Waals surface area contributed by atoms with Gasteiger partial charge in [-0.1, -0.05) is 46.4 Å². The SMILES string of the molecule is O=[N+]([O-])c1c(Cl)c(Cl)c(Cl)c(Cl)c1I. The molecule has 8 heteroatoms. The molecule has 0 aliphatic heterocycles. The first-order valence-corrected chi connectivity index (χ1v) is 5.62. The van der Waals surface area contributed by atoms with E-state index in [9.17, 15) is 10.1 Å². The van der Waals surface area contributed by atoms with Crippen LogP contribution >= 0.6 is 69.0 Å². The van der Waals surface area contributed by atoms with Gasteiger partial charge in [-0.15, -0.1) is 0 Å². The Balaban J connectivity index is 3.68. The fourth-order valence-corrected chi connectivity index (χ4v) is 2.72. The van der Waals surface area contributed by atoms with Crippen LogP contribution in [0.15, 0.2) is 0 Å². The molecule has 0 aliphatic carbocycles. The zero-order valence-electron chi connectivity index (χ0n) is 6.15. The van der Waals surface area contributed by atoms with Crippen molar-refractivity contribution in [2.24, 2.45) is 0 Å². The summed E-state index contributed by atoms with van der Waals surface area (Å²) in [6.07, 6.45) is 0. The molecule has 1 aromatic rings. The van der Waals surface area contributed by atoms with Gasteiger partial charge < -0.3 is 0 Å². The lowest BCUT2D eigenvalue weighted by Crippen LogP contribution is -1.95. The number of nitro benzene ring substituents is 1. The molecule has 0 saturated carbocycles. The van der Waals surface area contributed by atoms with Crippen molar-refractivity contribution in [1.29, 1.82) is 0 Å². The molecule has 0 heterocycles. The lowest BCUT2D eigenvalue weighted by Gasteiger charge is -2.05. The van der Waals surface area contributed by atoms with Crippen LogP contribution in [0.5, 0.6) is 0 Å². The maximum atomic E-state index is 10.6. The van der Waals surface area contributed by atoms with Gasteiger partial charge in [0.1, 0.15) is 8.59 Å². The summed E-state index contributed by atoms with van der Waals surface area (Å²) >= 11 is 24.4. The number of nitro groups is 1. The third kappa shape index (κ3) is 2.04. The average Bonchev–Trinajstić information content (AvgIpc) is 2.11. The number of hydrogen-bond acceptors (Lipinski definition) is 2. The van der Waals surface area contributed by atoms with Crippen LogP contribution in [-0.2, 0) is 0 Å². The van der Waals surface area contributed by atoms with Gasteiger partial charge in [0.2, 0.25) is 0 Å². The van der Waals surface area contributed by atoms with E-state index in [2.05, 4.69) is 0 Å². The highest BCUT2D eigenvalue weighted by molar-refractivity contribution is 14.1. The first kappa shape index (κ1) is 12.6. The Labute approximate surface area is 113 Å². The summed E-state index contributed by atoms with van der Waals surface area (Å²) in [5, 5.41) is 10.4. The van der Waals surface area contributed by atoms with Gasteiger partial charge in [-0.05, 0) is 22.6 Å². The van der Waals surface area contributed by atoms with Crippen LogP contribution < -0.4 is 0 Å². The minimum Gasteiger partial charge on any atom is -0.258 e. The standard InChI is InChI=1S/C6Cl4INO2/c7-1-2(8)4(10)6(12(13)14)5(11)3(1)9. The molecule has 3 nitrogen and oxygen atoms in total. The molecule has 0 unspecified atom stereocenters. The smallest absolute Gasteiger partial charge is 0.258 e. The van der Waals surface area contributed by atoms with Crippen molar-refractivity contribution in [3.8, 4) is 0 Å².